The number of allylic oxidation sites excluding steroid dienone is 12. The second kappa shape index (κ2) is 42.4. The van der Waals surface area contributed by atoms with Crippen LogP contribution in [0, 0.1) is 160 Å². The molecule has 0 aromatic carbocycles. The number of hydrogen-bond donors (Lipinski definition) is 10. The van der Waals surface area contributed by atoms with Crippen LogP contribution >= 0.6 is 0 Å². The number of fused-ring (bicyclic) bond motifs is 20. The predicted molar refractivity (Wildman–Crippen MR) is 575 cm³/mol. The molecule has 42 atom stereocenters. The van der Waals surface area contributed by atoms with E-state index in [9.17, 15) is 69.0 Å². The van der Waals surface area contributed by atoms with Gasteiger partial charge in [0.25, 0.3) is 0 Å². The summed E-state index contributed by atoms with van der Waals surface area (Å²) in [5.41, 5.74) is 37.8. The minimum atomic E-state index is -0.591. The van der Waals surface area contributed by atoms with E-state index in [-0.39, 0.29) is 232 Å². The van der Waals surface area contributed by atoms with E-state index in [0.29, 0.717) is 87.9 Å². The van der Waals surface area contributed by atoms with Crippen molar-refractivity contribution >= 4 is 47.0 Å². The molecule has 14 N–H and O–H groups in total. The summed E-state index contributed by atoms with van der Waals surface area (Å²) in [6.45, 7) is 65.6. The van der Waals surface area contributed by atoms with Crippen LogP contribution in [0.25, 0.3) is 0 Å². The van der Waals surface area contributed by atoms with Crippen LogP contribution in [0.5, 0.6) is 0 Å². The molecule has 0 aromatic rings. The number of rotatable bonds is 16. The first kappa shape index (κ1) is 117. The Hall–Kier alpha value is -5.92. The Kier molecular flexibility index (Phi) is 34.0. The van der Waals surface area contributed by atoms with Crippen molar-refractivity contribution in [1.82, 2.24) is 0 Å². The number of nitrogens with two attached hydrogens (primary N) is 4. The average Bonchev–Trinajstić information content (AvgIpc) is 1.44. The lowest BCUT2D eigenvalue weighted by Gasteiger charge is -2.70. The number of carbonyl (C=O) groups excluding carboxylic acids is 8. The number of carbonyl (C=O) groups is 8. The SMILES string of the molecule is CC(=O)O[C@H]1C[C@@]2(C)[C@@H](C[C@@H](N)[C@H]3[C@@]4(C)CC[C@@H](O)[C@@H](C)[C@@H]4CC[C@@]32C)/C1=C(\CC=C(C)C)C(C)=O.CC(=O)O[C@H]1C[C@@]2(C)[C@@H](C[C@@H](O)[C@H]3[C@@]4(C)[C@@H](N)C[C@@H](O)[C@@H](C)[C@@H]4CC[C@@]32C)/C1=C(\CC=C(C)C)C(C)=O.CC(=O)O[C@H]1C[C@@]2(C)[C@@H](C[C@@H](O)[C@H]3[C@@]4(C)[C@H](N)C[C@@H](O)[C@@H](C)[C@@H]4CC[C@@]32C)/C1=C(\CC=C(C)C)C(C)=O.CC(=O)O[C@H]1C[C@@]2(C)[C@@H](C[C@H](N)[C@H]3[C@@]4(C)CC[C@@H](O)[C@@H](C)[C@@H]4CC[C@@]32C)/C1=C(\CC=C(C)C)C(C)=O. The second-order valence-corrected chi connectivity index (χ2v) is 54.8. The molecule has 146 heavy (non-hydrogen) atoms. The number of hydrogen-bond acceptors (Lipinski definition) is 22. The van der Waals surface area contributed by atoms with E-state index in [4.69, 9.17) is 41.9 Å². The lowest BCUT2D eigenvalue weighted by molar-refractivity contribution is -0.239. The summed E-state index contributed by atoms with van der Waals surface area (Å²) in [7, 11) is 0. The van der Waals surface area contributed by atoms with Gasteiger partial charge in [0.15, 0.2) is 23.1 Å². The van der Waals surface area contributed by atoms with Gasteiger partial charge in [-0.05, 0) is 432 Å². The Labute approximate surface area is 877 Å². The Morgan fingerprint density at radius 1 is 0.281 bits per heavy atom. The van der Waals surface area contributed by atoms with Crippen LogP contribution < -0.4 is 22.9 Å². The molecular formula is C124H196N4O18. The van der Waals surface area contributed by atoms with Gasteiger partial charge in [0.05, 0.1) is 36.6 Å². The van der Waals surface area contributed by atoms with E-state index in [1.807, 2.05) is 55.4 Å². The number of aliphatic hydroxyl groups is 6. The summed E-state index contributed by atoms with van der Waals surface area (Å²) in [5.74, 6) is 1.83. The quantitative estimate of drug-likeness (QED) is 0.0297. The van der Waals surface area contributed by atoms with Gasteiger partial charge in [-0.25, -0.2) is 0 Å². The zero-order valence-corrected chi connectivity index (χ0v) is 95.9. The molecule has 0 saturated heterocycles. The average molecular weight is 2030 g/mol. The molecule has 16 fully saturated rings. The summed E-state index contributed by atoms with van der Waals surface area (Å²) in [5, 5.41) is 66.9. The lowest BCUT2D eigenvalue weighted by atomic mass is 9.35. The molecule has 16 aliphatic rings. The number of esters is 4. The number of Topliss-reactive ketones (excluding diaryl/α,β-unsaturated/α-hetero) is 4. The van der Waals surface area contributed by atoms with Crippen molar-refractivity contribution in [3.8, 4) is 0 Å². The molecule has 820 valence electrons. The van der Waals surface area contributed by atoms with Gasteiger partial charge in [-0.15, -0.1) is 0 Å². The molecule has 0 bridgehead atoms. The smallest absolute Gasteiger partial charge is 0.303 e. The summed E-state index contributed by atoms with van der Waals surface area (Å²) >= 11 is 0. The van der Waals surface area contributed by atoms with Crippen LogP contribution in [0.3, 0.4) is 0 Å². The maximum atomic E-state index is 13.0. The molecule has 0 aromatic heterocycles. The Morgan fingerprint density at radius 2 is 0.500 bits per heavy atom. The van der Waals surface area contributed by atoms with Crippen molar-refractivity contribution in [2.24, 2.45) is 183 Å². The van der Waals surface area contributed by atoms with E-state index in [1.165, 1.54) is 38.8 Å². The first-order valence-electron chi connectivity index (χ1n) is 56.8. The van der Waals surface area contributed by atoms with Crippen LogP contribution in [0.4, 0.5) is 0 Å². The third-order valence-corrected chi connectivity index (χ3v) is 46.6. The fraction of sp³-hybridized carbons (Fsp3) is 0.806. The molecule has 0 radical (unpaired) electrons. The second-order valence-electron chi connectivity index (χ2n) is 54.8. The number of ketones is 4. The van der Waals surface area contributed by atoms with Gasteiger partial charge in [0.1, 0.15) is 24.4 Å². The van der Waals surface area contributed by atoms with Crippen molar-refractivity contribution in [1.29, 1.82) is 0 Å². The van der Waals surface area contributed by atoms with Crippen LogP contribution in [-0.2, 0) is 57.3 Å². The molecule has 0 amide bonds. The summed E-state index contributed by atoms with van der Waals surface area (Å²) < 4.78 is 23.9. The molecule has 22 nitrogen and oxygen atoms in total. The highest BCUT2D eigenvalue weighted by molar-refractivity contribution is 5.97. The van der Waals surface area contributed by atoms with Gasteiger partial charge < -0.3 is 72.5 Å². The summed E-state index contributed by atoms with van der Waals surface area (Å²) in [4.78, 5) is 101. The Balaban J connectivity index is 0.000000163. The zero-order valence-electron chi connectivity index (χ0n) is 95.9. The van der Waals surface area contributed by atoms with Gasteiger partial charge in [0.2, 0.25) is 0 Å². The van der Waals surface area contributed by atoms with E-state index in [1.54, 1.807) is 27.7 Å². The van der Waals surface area contributed by atoms with Crippen LogP contribution in [0.15, 0.2) is 91.2 Å². The van der Waals surface area contributed by atoms with Gasteiger partial charge in [-0.2, -0.15) is 0 Å². The van der Waals surface area contributed by atoms with Crippen molar-refractivity contribution < 1.29 is 87.9 Å². The number of aliphatic hydroxyl groups excluding tert-OH is 6. The Bertz CT molecular complexity index is 4930. The van der Waals surface area contributed by atoms with Gasteiger partial charge in [-0.3, -0.25) is 38.4 Å². The largest absolute Gasteiger partial charge is 0.458 e. The first-order valence-corrected chi connectivity index (χ1v) is 56.8. The lowest BCUT2D eigenvalue weighted by Crippen LogP contribution is -2.70. The van der Waals surface area contributed by atoms with Crippen LogP contribution in [-0.4, -0.2) is 163 Å². The molecule has 0 spiro atoms. The van der Waals surface area contributed by atoms with Crippen molar-refractivity contribution in [3.63, 3.8) is 0 Å². The predicted octanol–water partition coefficient (Wildman–Crippen LogP) is 20.9. The van der Waals surface area contributed by atoms with E-state index >= 15 is 0 Å². The third-order valence-electron chi connectivity index (χ3n) is 46.6. The van der Waals surface area contributed by atoms with Gasteiger partial charge in [0, 0.05) is 74.2 Å². The highest BCUT2D eigenvalue weighted by Crippen LogP contribution is 2.81. The van der Waals surface area contributed by atoms with Crippen LogP contribution in [0.1, 0.15) is 389 Å². The molecule has 0 heterocycles. The standard InChI is InChI=1S/2C31H49NO5.2C31H49NO4/c2*1-16(2)9-10-20(18(4)33)27-22-13-24(36)28-29(6,30(22,7)15-25(27)37-19(5)34)12-11-21-17(3)23(35)14-26(32)31(21,28)8;2*1-17(2)9-10-21(19(4)33)27-23-15-24(32)28-29(6)13-12-25(35)18(3)22(29)11-14-30(28,7)31(23,8)16-26(27)36-20(5)34/h2*9,17,21-26,28,35-36H,10-15,32H2,1-8H3;2*9,18,22-26,28,35H,10-16,32H2,1-8H3/b2*27-20-;2*27-21-/t17-,21-,22-,23+,24+,25-,26+,28+,29-,30-,31+;17-,21-,22-,23+,24+,25-,26-,28+,29-,30-,31+;18-,22-,23-,24+,25+,26-,28-,29-,30-,31-;18-,22-,23-,24-,25+,26-,28-,29-,30-,31-/m0000/s1. The number of ether oxygens (including phenoxy) is 4. The maximum absolute atomic E-state index is 13.0. The molecule has 0 aliphatic heterocycles. The highest BCUT2D eigenvalue weighted by atomic mass is 16.6. The maximum Gasteiger partial charge on any atom is 0.303 e. The van der Waals surface area contributed by atoms with E-state index < -0.39 is 36.6 Å². The molecule has 16 rings (SSSR count). The van der Waals surface area contributed by atoms with E-state index in [0.717, 1.165) is 158 Å². The zero-order chi connectivity index (χ0) is 109. The normalized spacial score (nSPS) is 47.8. The fourth-order valence-corrected chi connectivity index (χ4v) is 39.1. The highest BCUT2D eigenvalue weighted by Gasteiger charge is 2.78. The fourth-order valence-electron chi connectivity index (χ4n) is 39.1. The Morgan fingerprint density at radius 3 is 0.726 bits per heavy atom. The van der Waals surface area contributed by atoms with Crippen molar-refractivity contribution in [2.75, 3.05) is 0 Å². The summed E-state index contributed by atoms with van der Waals surface area (Å²) in [6.07, 6.45) is 24.6. The summed E-state index contributed by atoms with van der Waals surface area (Å²) in [6, 6.07) is -0.388. The molecular weight excluding hydrogens is 1830 g/mol. The van der Waals surface area contributed by atoms with Gasteiger partial charge >= 0.3 is 23.9 Å². The molecule has 22 heteroatoms. The van der Waals surface area contributed by atoms with Crippen molar-refractivity contribution in [2.45, 2.75) is 474 Å². The monoisotopic (exact) mass is 2030 g/mol. The molecule has 16 aliphatic carbocycles. The molecule has 0 unspecified atom stereocenters. The third kappa shape index (κ3) is 19.4. The minimum Gasteiger partial charge on any atom is -0.458 e. The van der Waals surface area contributed by atoms with E-state index in [2.05, 4.69) is 135 Å². The van der Waals surface area contributed by atoms with Crippen LogP contribution in [0.2, 0.25) is 0 Å². The topological polar surface area (TPSA) is 399 Å². The molecule has 16 saturated carbocycles. The minimum absolute atomic E-state index is 0.00320. The first-order chi connectivity index (χ1) is 67.5. The van der Waals surface area contributed by atoms with Crippen molar-refractivity contribution in [3.05, 3.63) is 91.2 Å². The van der Waals surface area contributed by atoms with Gasteiger partial charge in [-0.1, -0.05) is 157 Å².